The number of hydrogen-bond acceptors (Lipinski definition) is 7. The third-order valence-corrected chi connectivity index (χ3v) is 6.76. The zero-order valence-corrected chi connectivity index (χ0v) is 20.2. The summed E-state index contributed by atoms with van der Waals surface area (Å²) in [7, 11) is 0. The minimum Gasteiger partial charge on any atom is -0.368 e. The van der Waals surface area contributed by atoms with Crippen molar-refractivity contribution in [2.24, 2.45) is 5.73 Å². The molecule has 4 rings (SSSR count). The van der Waals surface area contributed by atoms with Gasteiger partial charge >= 0.3 is 0 Å². The summed E-state index contributed by atoms with van der Waals surface area (Å²) in [5.41, 5.74) is 7.43. The smallest absolute Gasteiger partial charge is 0.293 e. The van der Waals surface area contributed by atoms with E-state index in [0.717, 1.165) is 24.9 Å². The van der Waals surface area contributed by atoms with Crippen molar-refractivity contribution in [3.63, 3.8) is 0 Å². The molecule has 3 N–H and O–H groups in total. The number of primary amides is 1. The standard InChI is InChI=1S/C25H30N6O5/c1-17(32)28-10-12-29(13-11-28)21-8-7-19(15-23(21)31(35)36)25(34)27-20-5-2-4-18(14-20)16-30-9-3-6-22(30)24(26)33/h2,4-5,7-8,14-15,22H,3,6,9-13,16H2,1H3,(H2,26,33)(H,27,34). The van der Waals surface area contributed by atoms with Crippen LogP contribution in [0.5, 0.6) is 0 Å². The average Bonchev–Trinajstić information content (AvgIpc) is 3.32. The molecule has 0 aliphatic carbocycles. The highest BCUT2D eigenvalue weighted by Gasteiger charge is 2.29. The fraction of sp³-hybridized carbons (Fsp3) is 0.400. The first-order valence-electron chi connectivity index (χ1n) is 12.0. The van der Waals surface area contributed by atoms with Gasteiger partial charge in [-0.25, -0.2) is 0 Å². The van der Waals surface area contributed by atoms with Crippen molar-refractivity contribution in [2.45, 2.75) is 32.4 Å². The Morgan fingerprint density at radius 2 is 1.83 bits per heavy atom. The van der Waals surface area contributed by atoms with Crippen LogP contribution in [-0.4, -0.2) is 71.2 Å². The summed E-state index contributed by atoms with van der Waals surface area (Å²) in [5.74, 6) is -0.810. The molecular formula is C25H30N6O5. The lowest BCUT2D eigenvalue weighted by molar-refractivity contribution is -0.384. The molecule has 0 saturated carbocycles. The number of carbonyl (C=O) groups is 3. The highest BCUT2D eigenvalue weighted by molar-refractivity contribution is 6.05. The SMILES string of the molecule is CC(=O)N1CCN(c2ccc(C(=O)Nc3cccc(CN4CCCC4C(N)=O)c3)cc2[N+](=O)[O-])CC1. The van der Waals surface area contributed by atoms with Gasteiger partial charge in [0.1, 0.15) is 5.69 Å². The zero-order chi connectivity index (χ0) is 25.8. The van der Waals surface area contributed by atoms with E-state index in [1.165, 1.54) is 13.0 Å². The number of anilines is 2. The van der Waals surface area contributed by atoms with Crippen LogP contribution in [0.25, 0.3) is 0 Å². The van der Waals surface area contributed by atoms with Crippen LogP contribution in [-0.2, 0) is 16.1 Å². The Morgan fingerprint density at radius 3 is 2.50 bits per heavy atom. The molecule has 11 nitrogen and oxygen atoms in total. The first-order valence-corrected chi connectivity index (χ1v) is 12.0. The Bertz CT molecular complexity index is 1180. The molecule has 36 heavy (non-hydrogen) atoms. The van der Waals surface area contributed by atoms with Gasteiger partial charge in [0, 0.05) is 57.0 Å². The normalized spacial score (nSPS) is 18.2. The second kappa shape index (κ2) is 10.7. The monoisotopic (exact) mass is 494 g/mol. The topological polar surface area (TPSA) is 142 Å². The molecule has 0 aromatic heterocycles. The lowest BCUT2D eigenvalue weighted by Gasteiger charge is -2.35. The maximum absolute atomic E-state index is 12.9. The van der Waals surface area contributed by atoms with Crippen molar-refractivity contribution in [3.05, 3.63) is 63.7 Å². The Hall–Kier alpha value is -3.99. The molecule has 2 saturated heterocycles. The maximum Gasteiger partial charge on any atom is 0.293 e. The number of likely N-dealkylation sites (tertiary alicyclic amines) is 1. The lowest BCUT2D eigenvalue weighted by Crippen LogP contribution is -2.48. The molecule has 2 heterocycles. The summed E-state index contributed by atoms with van der Waals surface area (Å²) in [6.45, 7) is 4.76. The average molecular weight is 495 g/mol. The van der Waals surface area contributed by atoms with Gasteiger partial charge in [-0.2, -0.15) is 0 Å². The summed E-state index contributed by atoms with van der Waals surface area (Å²) < 4.78 is 0. The first-order chi connectivity index (χ1) is 17.2. The molecule has 0 radical (unpaired) electrons. The minimum absolute atomic E-state index is 0.0200. The number of nitrogens with two attached hydrogens (primary N) is 1. The van der Waals surface area contributed by atoms with E-state index >= 15 is 0 Å². The van der Waals surface area contributed by atoms with Crippen molar-refractivity contribution in [1.29, 1.82) is 0 Å². The molecule has 2 fully saturated rings. The van der Waals surface area contributed by atoms with Gasteiger partial charge in [0.25, 0.3) is 11.6 Å². The van der Waals surface area contributed by atoms with E-state index in [1.54, 1.807) is 23.1 Å². The van der Waals surface area contributed by atoms with Crippen LogP contribution in [0.3, 0.4) is 0 Å². The van der Waals surface area contributed by atoms with Gasteiger partial charge in [0.2, 0.25) is 11.8 Å². The van der Waals surface area contributed by atoms with E-state index in [4.69, 9.17) is 5.73 Å². The summed E-state index contributed by atoms with van der Waals surface area (Å²) in [6, 6.07) is 11.5. The number of carbonyl (C=O) groups excluding carboxylic acids is 3. The predicted octanol–water partition coefficient (Wildman–Crippen LogP) is 1.97. The number of rotatable bonds is 7. The molecule has 3 amide bonds. The maximum atomic E-state index is 12.9. The Morgan fingerprint density at radius 1 is 1.08 bits per heavy atom. The van der Waals surface area contributed by atoms with Crippen LogP contribution in [0.15, 0.2) is 42.5 Å². The van der Waals surface area contributed by atoms with Crippen LogP contribution in [0.1, 0.15) is 35.7 Å². The van der Waals surface area contributed by atoms with E-state index in [9.17, 15) is 24.5 Å². The van der Waals surface area contributed by atoms with Crippen LogP contribution < -0.4 is 16.0 Å². The van der Waals surface area contributed by atoms with Crippen LogP contribution in [0.4, 0.5) is 17.1 Å². The molecule has 0 spiro atoms. The molecule has 2 aliphatic heterocycles. The lowest BCUT2D eigenvalue weighted by atomic mass is 10.1. The molecule has 2 aliphatic rings. The van der Waals surface area contributed by atoms with Gasteiger partial charge in [0.15, 0.2) is 0 Å². The number of nitro groups is 1. The number of piperazine rings is 1. The van der Waals surface area contributed by atoms with E-state index in [2.05, 4.69) is 5.32 Å². The fourth-order valence-corrected chi connectivity index (χ4v) is 4.86. The molecule has 190 valence electrons. The summed E-state index contributed by atoms with van der Waals surface area (Å²) in [4.78, 5) is 53.1. The minimum atomic E-state index is -0.491. The second-order valence-electron chi connectivity index (χ2n) is 9.14. The van der Waals surface area contributed by atoms with Crippen molar-refractivity contribution in [2.75, 3.05) is 42.9 Å². The molecular weight excluding hydrogens is 464 g/mol. The molecule has 11 heteroatoms. The fourth-order valence-electron chi connectivity index (χ4n) is 4.86. The summed E-state index contributed by atoms with van der Waals surface area (Å²) in [5, 5.41) is 14.6. The molecule has 1 atom stereocenters. The zero-order valence-electron chi connectivity index (χ0n) is 20.2. The third-order valence-electron chi connectivity index (χ3n) is 6.76. The van der Waals surface area contributed by atoms with Gasteiger partial charge in [-0.1, -0.05) is 12.1 Å². The second-order valence-corrected chi connectivity index (χ2v) is 9.14. The molecule has 2 aromatic carbocycles. The number of amides is 3. The predicted molar refractivity (Wildman–Crippen MR) is 135 cm³/mol. The Balaban J connectivity index is 1.46. The van der Waals surface area contributed by atoms with Gasteiger partial charge in [-0.05, 0) is 49.2 Å². The van der Waals surface area contributed by atoms with Crippen LogP contribution in [0.2, 0.25) is 0 Å². The number of benzene rings is 2. The highest BCUT2D eigenvalue weighted by atomic mass is 16.6. The van der Waals surface area contributed by atoms with E-state index < -0.39 is 10.8 Å². The number of nitrogens with one attached hydrogen (secondary N) is 1. The number of nitro benzene ring substituents is 1. The first kappa shape index (κ1) is 25.1. The van der Waals surface area contributed by atoms with E-state index in [-0.39, 0.29) is 29.1 Å². The van der Waals surface area contributed by atoms with Crippen molar-refractivity contribution >= 4 is 34.8 Å². The van der Waals surface area contributed by atoms with Gasteiger partial charge in [-0.15, -0.1) is 0 Å². The van der Waals surface area contributed by atoms with Gasteiger partial charge in [-0.3, -0.25) is 29.4 Å². The third kappa shape index (κ3) is 5.62. The molecule has 2 aromatic rings. The van der Waals surface area contributed by atoms with E-state index in [1.807, 2.05) is 28.0 Å². The van der Waals surface area contributed by atoms with Crippen molar-refractivity contribution < 1.29 is 19.3 Å². The largest absolute Gasteiger partial charge is 0.368 e. The quantitative estimate of drug-likeness (QED) is 0.443. The summed E-state index contributed by atoms with van der Waals surface area (Å²) in [6.07, 6.45) is 1.65. The van der Waals surface area contributed by atoms with Crippen molar-refractivity contribution in [1.82, 2.24) is 9.80 Å². The van der Waals surface area contributed by atoms with Crippen LogP contribution in [0, 0.1) is 10.1 Å². The summed E-state index contributed by atoms with van der Waals surface area (Å²) >= 11 is 0. The Kier molecular flexibility index (Phi) is 7.49. The van der Waals surface area contributed by atoms with E-state index in [0.29, 0.717) is 44.1 Å². The van der Waals surface area contributed by atoms with Crippen molar-refractivity contribution in [3.8, 4) is 0 Å². The van der Waals surface area contributed by atoms with Crippen LogP contribution >= 0.6 is 0 Å². The number of nitrogens with zero attached hydrogens (tertiary/aromatic N) is 4. The molecule has 1 unspecified atom stereocenters. The van der Waals surface area contributed by atoms with Gasteiger partial charge in [0.05, 0.1) is 11.0 Å². The van der Waals surface area contributed by atoms with Gasteiger partial charge < -0.3 is 20.9 Å². The number of hydrogen-bond donors (Lipinski definition) is 2. The Labute approximate surface area is 209 Å². The highest BCUT2D eigenvalue weighted by Crippen LogP contribution is 2.30. The molecule has 0 bridgehead atoms.